The molecule has 0 bridgehead atoms. The number of rotatable bonds is 4. The van der Waals surface area contributed by atoms with Gasteiger partial charge in [0.25, 0.3) is 0 Å². The van der Waals surface area contributed by atoms with E-state index in [1.807, 2.05) is 25.1 Å². The van der Waals surface area contributed by atoms with Crippen LogP contribution in [0.2, 0.25) is 0 Å². The first-order valence-electron chi connectivity index (χ1n) is 4.63. The van der Waals surface area contributed by atoms with Crippen LogP contribution >= 0.6 is 24.2 Å². The Morgan fingerprint density at radius 2 is 2.21 bits per heavy atom. The zero-order valence-electron chi connectivity index (χ0n) is 8.95. The van der Waals surface area contributed by atoms with Crippen LogP contribution in [0.1, 0.15) is 6.92 Å². The molecule has 1 unspecified atom stereocenters. The number of nitrogens with one attached hydrogen (secondary N) is 1. The second-order valence-corrected chi connectivity index (χ2v) is 4.53. The molecule has 14 heavy (non-hydrogen) atoms. The molecule has 0 aromatic heterocycles. The van der Waals surface area contributed by atoms with E-state index in [4.69, 9.17) is 0 Å². The number of likely N-dealkylation sites (N-methyl/N-ethyl adjacent to an activating group) is 1. The molecule has 1 atom stereocenters. The molecule has 1 fully saturated rings. The molecule has 0 saturated carbocycles. The molecule has 1 saturated heterocycles. The molecule has 3 nitrogen and oxygen atoms in total. The zero-order chi connectivity index (χ0) is 9.84. The van der Waals surface area contributed by atoms with E-state index in [1.165, 1.54) is 0 Å². The fourth-order valence-electron chi connectivity index (χ4n) is 1.40. The van der Waals surface area contributed by atoms with E-state index in [0.29, 0.717) is 6.04 Å². The average Bonchev–Trinajstić information content (AvgIpc) is 2.00. The van der Waals surface area contributed by atoms with E-state index < -0.39 is 0 Å². The molecule has 1 aliphatic heterocycles. The Balaban J connectivity index is 0.00000169. The third-order valence-corrected chi connectivity index (χ3v) is 3.33. The van der Waals surface area contributed by atoms with Gasteiger partial charge in [-0.05, 0) is 6.26 Å². The van der Waals surface area contributed by atoms with Gasteiger partial charge in [-0.1, -0.05) is 6.92 Å². The summed E-state index contributed by atoms with van der Waals surface area (Å²) in [6, 6.07) is 0.428. The highest BCUT2D eigenvalue weighted by atomic mass is 35.5. The minimum Gasteiger partial charge on any atom is -0.340 e. The highest BCUT2D eigenvalue weighted by Crippen LogP contribution is 2.11. The molecule has 0 aromatic carbocycles. The highest BCUT2D eigenvalue weighted by Gasteiger charge is 2.27. The summed E-state index contributed by atoms with van der Waals surface area (Å²) in [5.74, 6) is 1.35. The van der Waals surface area contributed by atoms with Crippen molar-refractivity contribution in [3.05, 3.63) is 0 Å². The van der Waals surface area contributed by atoms with Crippen molar-refractivity contribution in [1.82, 2.24) is 10.2 Å². The third-order valence-electron chi connectivity index (χ3n) is 2.49. The predicted octanol–water partition coefficient (Wildman–Crippen LogP) is 0.837. The third kappa shape index (κ3) is 3.33. The van der Waals surface area contributed by atoms with Crippen molar-refractivity contribution in [1.29, 1.82) is 0 Å². The van der Waals surface area contributed by atoms with Crippen LogP contribution in [0, 0.1) is 5.92 Å². The quantitative estimate of drug-likeness (QED) is 0.788. The summed E-state index contributed by atoms with van der Waals surface area (Å²) in [5, 5.41) is 3.17. The lowest BCUT2D eigenvalue weighted by Gasteiger charge is -2.36. The largest absolute Gasteiger partial charge is 0.340 e. The van der Waals surface area contributed by atoms with Gasteiger partial charge in [-0.2, -0.15) is 11.8 Å². The normalized spacial score (nSPS) is 17.9. The minimum absolute atomic E-state index is 0. The van der Waals surface area contributed by atoms with Gasteiger partial charge in [0, 0.05) is 31.8 Å². The topological polar surface area (TPSA) is 32.3 Å². The van der Waals surface area contributed by atoms with Crippen LogP contribution in [0.3, 0.4) is 0 Å². The molecule has 0 spiro atoms. The molecule has 1 rings (SSSR count). The van der Waals surface area contributed by atoms with Crippen LogP contribution in [-0.4, -0.2) is 49.0 Å². The zero-order valence-corrected chi connectivity index (χ0v) is 10.6. The number of carbonyl (C=O) groups excluding carboxylic acids is 1. The number of hydrogen-bond donors (Lipinski definition) is 1. The van der Waals surface area contributed by atoms with Crippen molar-refractivity contribution in [3.63, 3.8) is 0 Å². The number of carbonyl (C=O) groups is 1. The Labute approximate surface area is 96.4 Å². The molecule has 1 amide bonds. The average molecular weight is 239 g/mol. The second kappa shape index (κ2) is 6.53. The van der Waals surface area contributed by atoms with Crippen LogP contribution in [0.5, 0.6) is 0 Å². The van der Waals surface area contributed by atoms with Gasteiger partial charge in [-0.3, -0.25) is 4.79 Å². The van der Waals surface area contributed by atoms with E-state index in [9.17, 15) is 4.79 Å². The summed E-state index contributed by atoms with van der Waals surface area (Å²) in [6.07, 6.45) is 2.04. The Hall–Kier alpha value is 0.0700. The van der Waals surface area contributed by atoms with Gasteiger partial charge in [0.1, 0.15) is 0 Å². The van der Waals surface area contributed by atoms with E-state index in [2.05, 4.69) is 5.32 Å². The smallest absolute Gasteiger partial charge is 0.226 e. The Bertz CT molecular complexity index is 188. The van der Waals surface area contributed by atoms with E-state index in [0.717, 1.165) is 18.8 Å². The maximum Gasteiger partial charge on any atom is 0.226 e. The van der Waals surface area contributed by atoms with Crippen LogP contribution in [-0.2, 0) is 4.79 Å². The van der Waals surface area contributed by atoms with Gasteiger partial charge in [-0.25, -0.2) is 0 Å². The van der Waals surface area contributed by atoms with Crippen LogP contribution in [0.15, 0.2) is 0 Å². The van der Waals surface area contributed by atoms with Crippen molar-refractivity contribution >= 4 is 30.1 Å². The monoisotopic (exact) mass is 238 g/mol. The van der Waals surface area contributed by atoms with Crippen molar-refractivity contribution in [2.45, 2.75) is 13.0 Å². The lowest BCUT2D eigenvalue weighted by atomic mass is 10.1. The van der Waals surface area contributed by atoms with E-state index in [-0.39, 0.29) is 24.2 Å². The van der Waals surface area contributed by atoms with Crippen LogP contribution < -0.4 is 5.32 Å². The number of halogens is 1. The van der Waals surface area contributed by atoms with Gasteiger partial charge in [0.2, 0.25) is 5.91 Å². The SMILES string of the molecule is CSCC(C)C(=O)N(C)C1CNC1.Cl. The Kier molecular flexibility index (Phi) is 6.57. The molecule has 1 aliphatic rings. The van der Waals surface area contributed by atoms with Crippen LogP contribution in [0.4, 0.5) is 0 Å². The first kappa shape index (κ1) is 14.1. The summed E-state index contributed by atoms with van der Waals surface area (Å²) in [7, 11) is 1.91. The minimum atomic E-state index is 0. The maximum absolute atomic E-state index is 11.8. The second-order valence-electron chi connectivity index (χ2n) is 3.62. The molecule has 5 heteroatoms. The van der Waals surface area contributed by atoms with Crippen molar-refractivity contribution < 1.29 is 4.79 Å². The van der Waals surface area contributed by atoms with Crippen LogP contribution in [0.25, 0.3) is 0 Å². The standard InChI is InChI=1S/C9H18N2OS.ClH/c1-7(6-13-3)9(12)11(2)8-4-10-5-8;/h7-8,10H,4-6H2,1-3H3;1H. The first-order valence-corrected chi connectivity index (χ1v) is 6.02. The summed E-state index contributed by atoms with van der Waals surface area (Å²) in [4.78, 5) is 13.6. The molecule has 84 valence electrons. The molecule has 0 radical (unpaired) electrons. The van der Waals surface area contributed by atoms with Crippen molar-refractivity contribution in [3.8, 4) is 0 Å². The number of nitrogens with zero attached hydrogens (tertiary/aromatic N) is 1. The van der Waals surface area contributed by atoms with Gasteiger partial charge in [0.15, 0.2) is 0 Å². The maximum atomic E-state index is 11.8. The highest BCUT2D eigenvalue weighted by molar-refractivity contribution is 7.98. The van der Waals surface area contributed by atoms with Crippen molar-refractivity contribution in [2.75, 3.05) is 32.1 Å². The van der Waals surface area contributed by atoms with E-state index >= 15 is 0 Å². The summed E-state index contributed by atoms with van der Waals surface area (Å²) in [5.41, 5.74) is 0. The predicted molar refractivity (Wildman–Crippen MR) is 64.2 cm³/mol. The van der Waals surface area contributed by atoms with Gasteiger partial charge < -0.3 is 10.2 Å². The van der Waals surface area contributed by atoms with E-state index in [1.54, 1.807) is 11.8 Å². The lowest BCUT2D eigenvalue weighted by molar-refractivity contribution is -0.135. The van der Waals surface area contributed by atoms with Crippen molar-refractivity contribution in [2.24, 2.45) is 5.92 Å². The van der Waals surface area contributed by atoms with Gasteiger partial charge >= 0.3 is 0 Å². The molecule has 0 aromatic rings. The number of thioether (sulfide) groups is 1. The summed E-state index contributed by atoms with van der Waals surface area (Å²) in [6.45, 7) is 3.91. The molecular formula is C9H19ClN2OS. The Morgan fingerprint density at radius 1 is 1.64 bits per heavy atom. The Morgan fingerprint density at radius 3 is 2.57 bits per heavy atom. The molecule has 1 heterocycles. The lowest BCUT2D eigenvalue weighted by Crippen LogP contribution is -2.58. The molecule has 1 N–H and O–H groups in total. The number of amides is 1. The summed E-state index contributed by atoms with van der Waals surface area (Å²) < 4.78 is 0. The first-order chi connectivity index (χ1) is 6.16. The summed E-state index contributed by atoms with van der Waals surface area (Å²) >= 11 is 1.73. The van der Waals surface area contributed by atoms with Gasteiger partial charge in [-0.15, -0.1) is 12.4 Å². The fourth-order valence-corrected chi connectivity index (χ4v) is 2.04. The fraction of sp³-hybridized carbons (Fsp3) is 0.889. The van der Waals surface area contributed by atoms with Gasteiger partial charge in [0.05, 0.1) is 6.04 Å². The molecular weight excluding hydrogens is 220 g/mol. The molecule has 0 aliphatic carbocycles. The number of hydrogen-bond acceptors (Lipinski definition) is 3.